The van der Waals surface area contributed by atoms with Crippen molar-refractivity contribution in [2.75, 3.05) is 6.61 Å². The number of aromatic nitrogens is 3. The molecule has 174 valence electrons. The van der Waals surface area contributed by atoms with Crippen LogP contribution >= 0.6 is 0 Å². The first kappa shape index (κ1) is 23.2. The van der Waals surface area contributed by atoms with Crippen LogP contribution in [-0.4, -0.2) is 27.9 Å². The van der Waals surface area contributed by atoms with Crippen LogP contribution in [0.2, 0.25) is 0 Å². The van der Waals surface area contributed by atoms with Gasteiger partial charge in [0.1, 0.15) is 22.9 Å². The standard InChI is InChI=1S/C28H35N3O2/c1-5-32-24-14-10-21(11-15-24)27-28(22-12-16-25(17-13-22)33-19(2)3)31-30-26(29-27)18-23-9-7-6-8-20(23)4/h10-17,19-20,23H,5-9,18H2,1-4H3. The second kappa shape index (κ2) is 10.8. The Morgan fingerprint density at radius 1 is 0.848 bits per heavy atom. The summed E-state index contributed by atoms with van der Waals surface area (Å²) in [6, 6.07) is 16.1. The Labute approximate surface area is 197 Å². The van der Waals surface area contributed by atoms with Crippen LogP contribution < -0.4 is 9.47 Å². The second-order valence-electron chi connectivity index (χ2n) is 9.30. The van der Waals surface area contributed by atoms with E-state index >= 15 is 0 Å². The zero-order valence-electron chi connectivity index (χ0n) is 20.3. The summed E-state index contributed by atoms with van der Waals surface area (Å²) in [7, 11) is 0. The van der Waals surface area contributed by atoms with Gasteiger partial charge in [0.05, 0.1) is 12.7 Å². The quantitative estimate of drug-likeness (QED) is 0.383. The van der Waals surface area contributed by atoms with Gasteiger partial charge in [-0.3, -0.25) is 0 Å². The molecule has 2 aromatic carbocycles. The predicted octanol–water partition coefficient (Wildman–Crippen LogP) is 6.76. The molecule has 0 radical (unpaired) electrons. The minimum absolute atomic E-state index is 0.137. The lowest BCUT2D eigenvalue weighted by Gasteiger charge is -2.28. The smallest absolute Gasteiger partial charge is 0.151 e. The van der Waals surface area contributed by atoms with Gasteiger partial charge in [0.25, 0.3) is 0 Å². The molecule has 4 rings (SSSR count). The average molecular weight is 446 g/mol. The molecule has 0 aliphatic heterocycles. The van der Waals surface area contributed by atoms with Crippen LogP contribution in [0.25, 0.3) is 22.5 Å². The number of rotatable bonds is 8. The highest BCUT2D eigenvalue weighted by molar-refractivity contribution is 5.77. The summed E-state index contributed by atoms with van der Waals surface area (Å²) < 4.78 is 11.4. The molecule has 1 fully saturated rings. The van der Waals surface area contributed by atoms with E-state index in [4.69, 9.17) is 14.5 Å². The minimum atomic E-state index is 0.137. The maximum atomic E-state index is 5.80. The molecule has 0 spiro atoms. The first-order valence-electron chi connectivity index (χ1n) is 12.3. The van der Waals surface area contributed by atoms with Crippen LogP contribution in [-0.2, 0) is 6.42 Å². The molecule has 1 aromatic heterocycles. The lowest BCUT2D eigenvalue weighted by Crippen LogP contribution is -2.20. The van der Waals surface area contributed by atoms with Gasteiger partial charge < -0.3 is 9.47 Å². The van der Waals surface area contributed by atoms with E-state index in [-0.39, 0.29) is 6.10 Å². The maximum absolute atomic E-state index is 5.80. The zero-order valence-corrected chi connectivity index (χ0v) is 20.3. The van der Waals surface area contributed by atoms with E-state index < -0.39 is 0 Å². The largest absolute Gasteiger partial charge is 0.494 e. The van der Waals surface area contributed by atoms with Crippen molar-refractivity contribution >= 4 is 0 Å². The Morgan fingerprint density at radius 3 is 2.12 bits per heavy atom. The Morgan fingerprint density at radius 2 is 1.48 bits per heavy atom. The number of benzene rings is 2. The molecule has 33 heavy (non-hydrogen) atoms. The molecule has 1 heterocycles. The molecule has 0 bridgehead atoms. The summed E-state index contributed by atoms with van der Waals surface area (Å²) in [5.41, 5.74) is 3.65. The van der Waals surface area contributed by atoms with Crippen LogP contribution in [0.15, 0.2) is 48.5 Å². The zero-order chi connectivity index (χ0) is 23.2. The van der Waals surface area contributed by atoms with Crippen LogP contribution in [0.4, 0.5) is 0 Å². The Bertz CT molecular complexity index is 1030. The summed E-state index contributed by atoms with van der Waals surface area (Å²) in [6.45, 7) is 9.05. The third kappa shape index (κ3) is 5.89. The molecule has 3 aromatic rings. The van der Waals surface area contributed by atoms with E-state index in [1.807, 2.05) is 57.2 Å². The van der Waals surface area contributed by atoms with E-state index in [1.54, 1.807) is 0 Å². The van der Waals surface area contributed by atoms with Crippen molar-refractivity contribution in [3.8, 4) is 34.0 Å². The van der Waals surface area contributed by atoms with Gasteiger partial charge in [-0.05, 0) is 87.6 Å². The third-order valence-electron chi connectivity index (χ3n) is 6.40. The molecule has 5 nitrogen and oxygen atoms in total. The molecule has 2 atom stereocenters. The third-order valence-corrected chi connectivity index (χ3v) is 6.40. The summed E-state index contributed by atoms with van der Waals surface area (Å²) in [6.07, 6.45) is 6.22. The highest BCUT2D eigenvalue weighted by Crippen LogP contribution is 2.34. The summed E-state index contributed by atoms with van der Waals surface area (Å²) in [5.74, 6) is 3.88. The van der Waals surface area contributed by atoms with Gasteiger partial charge in [0.15, 0.2) is 5.82 Å². The molecule has 2 unspecified atom stereocenters. The van der Waals surface area contributed by atoms with Crippen molar-refractivity contribution in [1.82, 2.24) is 15.2 Å². The predicted molar refractivity (Wildman–Crippen MR) is 132 cm³/mol. The number of hydrogen-bond donors (Lipinski definition) is 0. The van der Waals surface area contributed by atoms with E-state index in [0.717, 1.165) is 46.3 Å². The van der Waals surface area contributed by atoms with Crippen molar-refractivity contribution in [3.05, 3.63) is 54.4 Å². The SMILES string of the molecule is CCOc1ccc(-c2nc(CC3CCCCC3C)nnc2-c2ccc(OC(C)C)cc2)cc1. The van der Waals surface area contributed by atoms with Crippen molar-refractivity contribution in [3.63, 3.8) is 0 Å². The Kier molecular flexibility index (Phi) is 7.58. The van der Waals surface area contributed by atoms with Crippen molar-refractivity contribution < 1.29 is 9.47 Å². The molecule has 0 N–H and O–H groups in total. The Hall–Kier alpha value is -2.95. The molecule has 1 aliphatic carbocycles. The normalized spacial score (nSPS) is 18.3. The fourth-order valence-electron chi connectivity index (χ4n) is 4.61. The number of nitrogens with zero attached hydrogens (tertiary/aromatic N) is 3. The molecular formula is C28H35N3O2. The molecule has 0 saturated heterocycles. The molecule has 1 saturated carbocycles. The topological polar surface area (TPSA) is 57.1 Å². The first-order valence-corrected chi connectivity index (χ1v) is 12.3. The van der Waals surface area contributed by atoms with Crippen LogP contribution in [0.1, 0.15) is 59.2 Å². The maximum Gasteiger partial charge on any atom is 0.151 e. The van der Waals surface area contributed by atoms with Gasteiger partial charge >= 0.3 is 0 Å². The summed E-state index contributed by atoms with van der Waals surface area (Å²) in [4.78, 5) is 5.05. The molecule has 5 heteroatoms. The number of ether oxygens (including phenoxy) is 2. The molecular weight excluding hydrogens is 410 g/mol. The van der Waals surface area contributed by atoms with Gasteiger partial charge in [0, 0.05) is 17.5 Å². The van der Waals surface area contributed by atoms with Crippen molar-refractivity contribution in [2.45, 2.75) is 65.9 Å². The van der Waals surface area contributed by atoms with E-state index in [9.17, 15) is 0 Å². The Balaban J connectivity index is 1.68. The van der Waals surface area contributed by atoms with Crippen LogP contribution in [0.3, 0.4) is 0 Å². The van der Waals surface area contributed by atoms with Gasteiger partial charge in [-0.15, -0.1) is 10.2 Å². The molecule has 1 aliphatic rings. The second-order valence-corrected chi connectivity index (χ2v) is 9.30. The van der Waals surface area contributed by atoms with Gasteiger partial charge in [-0.1, -0.05) is 26.2 Å². The first-order chi connectivity index (χ1) is 16.0. The lowest BCUT2D eigenvalue weighted by atomic mass is 9.78. The van der Waals surface area contributed by atoms with Gasteiger partial charge in [-0.2, -0.15) is 0 Å². The fourth-order valence-corrected chi connectivity index (χ4v) is 4.61. The lowest BCUT2D eigenvalue weighted by molar-refractivity contribution is 0.242. The summed E-state index contributed by atoms with van der Waals surface area (Å²) in [5, 5.41) is 9.25. The highest BCUT2D eigenvalue weighted by atomic mass is 16.5. The van der Waals surface area contributed by atoms with Crippen molar-refractivity contribution in [1.29, 1.82) is 0 Å². The monoisotopic (exact) mass is 445 g/mol. The van der Waals surface area contributed by atoms with E-state index in [1.165, 1.54) is 25.7 Å². The fraction of sp³-hybridized carbons (Fsp3) is 0.464. The van der Waals surface area contributed by atoms with E-state index in [2.05, 4.69) is 29.3 Å². The van der Waals surface area contributed by atoms with Crippen molar-refractivity contribution in [2.24, 2.45) is 11.8 Å². The van der Waals surface area contributed by atoms with E-state index in [0.29, 0.717) is 18.4 Å². The average Bonchev–Trinajstić information content (AvgIpc) is 2.82. The van der Waals surface area contributed by atoms with Crippen LogP contribution in [0.5, 0.6) is 11.5 Å². The summed E-state index contributed by atoms with van der Waals surface area (Å²) >= 11 is 0. The van der Waals surface area contributed by atoms with Gasteiger partial charge in [0.2, 0.25) is 0 Å². The van der Waals surface area contributed by atoms with Gasteiger partial charge in [-0.25, -0.2) is 4.98 Å². The van der Waals surface area contributed by atoms with Crippen LogP contribution in [0, 0.1) is 11.8 Å². The highest BCUT2D eigenvalue weighted by Gasteiger charge is 2.23. The minimum Gasteiger partial charge on any atom is -0.494 e. The molecule has 0 amide bonds. The number of hydrogen-bond acceptors (Lipinski definition) is 5.